The highest BCUT2D eigenvalue weighted by Gasteiger charge is 2.09. The van der Waals surface area contributed by atoms with E-state index in [-0.39, 0.29) is 0 Å². The molecule has 1 rings (SSSR count). The lowest BCUT2D eigenvalue weighted by Crippen LogP contribution is -2.14. The van der Waals surface area contributed by atoms with Crippen molar-refractivity contribution in [3.63, 3.8) is 0 Å². The maximum absolute atomic E-state index is 5.64. The number of hydrogen-bond donors (Lipinski definition) is 1. The Hall–Kier alpha value is -1.29. The fourth-order valence-corrected chi connectivity index (χ4v) is 2.27. The lowest BCUT2D eigenvalue weighted by atomic mass is 9.98. The summed E-state index contributed by atoms with van der Waals surface area (Å²) in [6.45, 7) is 4.93. The molecule has 0 aromatic heterocycles. The van der Waals surface area contributed by atoms with Crippen LogP contribution in [0.1, 0.15) is 32.3 Å². The van der Waals surface area contributed by atoms with E-state index in [9.17, 15) is 0 Å². The lowest BCUT2D eigenvalue weighted by Gasteiger charge is -2.14. The number of nitrogens with two attached hydrogens (primary N) is 1. The minimum absolute atomic E-state index is 0.435. The van der Waals surface area contributed by atoms with Crippen LogP contribution in [0.25, 0.3) is 0 Å². The van der Waals surface area contributed by atoms with E-state index >= 15 is 0 Å². The van der Waals surface area contributed by atoms with Gasteiger partial charge in [-0.15, -0.1) is 0 Å². The molecule has 1 aromatic carbocycles. The highest BCUT2D eigenvalue weighted by atomic mass is 32.1. The van der Waals surface area contributed by atoms with Crippen molar-refractivity contribution in [2.24, 2.45) is 11.7 Å². The summed E-state index contributed by atoms with van der Waals surface area (Å²) >= 11 is 4.94. The highest BCUT2D eigenvalue weighted by molar-refractivity contribution is 7.80. The maximum atomic E-state index is 5.64. The molecule has 106 valence electrons. The van der Waals surface area contributed by atoms with Crippen LogP contribution in [-0.4, -0.2) is 18.7 Å². The SMILES string of the molecule is CCCOc1ccc(CC(C)CC(N)=S)cc1OC. The van der Waals surface area contributed by atoms with E-state index in [1.807, 2.05) is 12.1 Å². The van der Waals surface area contributed by atoms with E-state index in [1.54, 1.807) is 7.11 Å². The van der Waals surface area contributed by atoms with Crippen LogP contribution in [0, 0.1) is 5.92 Å². The quantitative estimate of drug-likeness (QED) is 0.742. The molecule has 0 fully saturated rings. The van der Waals surface area contributed by atoms with E-state index in [1.165, 1.54) is 5.56 Å². The summed E-state index contributed by atoms with van der Waals surface area (Å²) in [4.78, 5) is 0.572. The summed E-state index contributed by atoms with van der Waals surface area (Å²) in [5, 5.41) is 0. The Kier molecular flexibility index (Phi) is 6.64. The predicted octanol–water partition coefficient (Wildman–Crippen LogP) is 3.34. The van der Waals surface area contributed by atoms with Gasteiger partial charge in [0.1, 0.15) is 0 Å². The Morgan fingerprint density at radius 1 is 1.37 bits per heavy atom. The smallest absolute Gasteiger partial charge is 0.161 e. The zero-order valence-electron chi connectivity index (χ0n) is 11.9. The normalized spacial score (nSPS) is 11.9. The van der Waals surface area contributed by atoms with Crippen molar-refractivity contribution in [1.29, 1.82) is 0 Å². The molecular formula is C15H23NO2S. The van der Waals surface area contributed by atoms with Gasteiger partial charge in [0.15, 0.2) is 11.5 Å². The molecule has 1 atom stereocenters. The first kappa shape index (κ1) is 15.8. The van der Waals surface area contributed by atoms with Gasteiger partial charge in [0, 0.05) is 6.42 Å². The van der Waals surface area contributed by atoms with Gasteiger partial charge < -0.3 is 15.2 Å². The van der Waals surface area contributed by atoms with Crippen LogP contribution in [0.2, 0.25) is 0 Å². The van der Waals surface area contributed by atoms with Gasteiger partial charge in [0.05, 0.1) is 18.7 Å². The Bertz CT molecular complexity index is 421. The van der Waals surface area contributed by atoms with Crippen LogP contribution in [0.4, 0.5) is 0 Å². The third-order valence-corrected chi connectivity index (χ3v) is 2.99. The third kappa shape index (κ3) is 5.47. The van der Waals surface area contributed by atoms with Crippen LogP contribution in [-0.2, 0) is 6.42 Å². The van der Waals surface area contributed by atoms with Gasteiger partial charge in [0.25, 0.3) is 0 Å². The van der Waals surface area contributed by atoms with Gasteiger partial charge in [-0.1, -0.05) is 32.1 Å². The van der Waals surface area contributed by atoms with Crippen LogP contribution in [0.5, 0.6) is 11.5 Å². The monoisotopic (exact) mass is 281 g/mol. The molecule has 0 heterocycles. The molecule has 19 heavy (non-hydrogen) atoms. The van der Waals surface area contributed by atoms with Gasteiger partial charge in [-0.3, -0.25) is 0 Å². The van der Waals surface area contributed by atoms with E-state index in [0.717, 1.165) is 30.8 Å². The van der Waals surface area contributed by atoms with Crippen LogP contribution in [0.15, 0.2) is 18.2 Å². The predicted molar refractivity (Wildman–Crippen MR) is 83.1 cm³/mol. The van der Waals surface area contributed by atoms with Crippen molar-refractivity contribution >= 4 is 17.2 Å². The molecule has 0 aliphatic carbocycles. The molecule has 0 saturated heterocycles. The van der Waals surface area contributed by atoms with Crippen LogP contribution < -0.4 is 15.2 Å². The summed E-state index contributed by atoms with van der Waals surface area (Å²) in [6.07, 6.45) is 2.68. The summed E-state index contributed by atoms with van der Waals surface area (Å²) in [6, 6.07) is 6.07. The van der Waals surface area contributed by atoms with E-state index in [4.69, 9.17) is 27.4 Å². The second kappa shape index (κ2) is 8.00. The van der Waals surface area contributed by atoms with Crippen molar-refractivity contribution in [2.75, 3.05) is 13.7 Å². The highest BCUT2D eigenvalue weighted by Crippen LogP contribution is 2.29. The summed E-state index contributed by atoms with van der Waals surface area (Å²) in [5.41, 5.74) is 6.78. The number of ether oxygens (including phenoxy) is 2. The van der Waals surface area contributed by atoms with Crippen molar-refractivity contribution in [3.05, 3.63) is 23.8 Å². The van der Waals surface area contributed by atoms with Crippen molar-refractivity contribution < 1.29 is 9.47 Å². The van der Waals surface area contributed by atoms with Gasteiger partial charge in [0.2, 0.25) is 0 Å². The van der Waals surface area contributed by atoms with Crippen LogP contribution in [0.3, 0.4) is 0 Å². The first-order chi connectivity index (χ1) is 9.06. The number of hydrogen-bond acceptors (Lipinski definition) is 3. The second-order valence-electron chi connectivity index (χ2n) is 4.81. The number of thiocarbonyl (C=S) groups is 1. The molecule has 1 aromatic rings. The lowest BCUT2D eigenvalue weighted by molar-refractivity contribution is 0.294. The molecule has 0 bridgehead atoms. The minimum Gasteiger partial charge on any atom is -0.493 e. The Balaban J connectivity index is 2.73. The van der Waals surface area contributed by atoms with Gasteiger partial charge in [-0.25, -0.2) is 0 Å². The fourth-order valence-electron chi connectivity index (χ4n) is 1.99. The van der Waals surface area contributed by atoms with Gasteiger partial charge in [-0.2, -0.15) is 0 Å². The summed E-state index contributed by atoms with van der Waals surface area (Å²) in [5.74, 6) is 2.02. The van der Waals surface area contributed by atoms with Crippen molar-refractivity contribution in [1.82, 2.24) is 0 Å². The van der Waals surface area contributed by atoms with Gasteiger partial charge >= 0.3 is 0 Å². The Morgan fingerprint density at radius 2 is 2.11 bits per heavy atom. The van der Waals surface area contributed by atoms with Crippen molar-refractivity contribution in [3.8, 4) is 11.5 Å². The van der Waals surface area contributed by atoms with Crippen molar-refractivity contribution in [2.45, 2.75) is 33.1 Å². The summed E-state index contributed by atoms with van der Waals surface area (Å²) in [7, 11) is 1.66. The fraction of sp³-hybridized carbons (Fsp3) is 0.533. The summed E-state index contributed by atoms with van der Waals surface area (Å²) < 4.78 is 11.0. The molecule has 0 aliphatic rings. The maximum Gasteiger partial charge on any atom is 0.161 e. The topological polar surface area (TPSA) is 44.5 Å². The average Bonchev–Trinajstić information content (AvgIpc) is 2.36. The largest absolute Gasteiger partial charge is 0.493 e. The molecule has 0 aliphatic heterocycles. The molecule has 0 saturated carbocycles. The van der Waals surface area contributed by atoms with Gasteiger partial charge in [-0.05, 0) is 36.5 Å². The van der Waals surface area contributed by atoms with E-state index in [0.29, 0.717) is 17.5 Å². The van der Waals surface area contributed by atoms with E-state index in [2.05, 4.69) is 19.9 Å². The Morgan fingerprint density at radius 3 is 2.68 bits per heavy atom. The molecule has 0 amide bonds. The molecule has 0 spiro atoms. The molecule has 3 nitrogen and oxygen atoms in total. The zero-order chi connectivity index (χ0) is 14.3. The first-order valence-corrected chi connectivity index (χ1v) is 7.05. The molecule has 4 heteroatoms. The standard InChI is InChI=1S/C15H23NO2S/c1-4-7-18-13-6-5-12(10-14(13)17-3)8-11(2)9-15(16)19/h5-6,10-11H,4,7-9H2,1-3H3,(H2,16,19). The molecular weight excluding hydrogens is 258 g/mol. The minimum atomic E-state index is 0.435. The van der Waals surface area contributed by atoms with Crippen LogP contribution >= 0.6 is 12.2 Å². The first-order valence-electron chi connectivity index (χ1n) is 6.64. The average molecular weight is 281 g/mol. The number of methoxy groups -OCH3 is 1. The Labute approximate surface area is 121 Å². The zero-order valence-corrected chi connectivity index (χ0v) is 12.8. The molecule has 1 unspecified atom stereocenters. The molecule has 0 radical (unpaired) electrons. The number of benzene rings is 1. The third-order valence-electron chi connectivity index (χ3n) is 2.82. The second-order valence-corrected chi connectivity index (χ2v) is 5.34. The number of rotatable bonds is 8. The molecule has 2 N–H and O–H groups in total. The van der Waals surface area contributed by atoms with E-state index < -0.39 is 0 Å².